The highest BCUT2D eigenvalue weighted by molar-refractivity contribution is 5.71. The molecule has 0 unspecified atom stereocenters. The van der Waals surface area contributed by atoms with Crippen LogP contribution in [0.5, 0.6) is 5.75 Å². The van der Waals surface area contributed by atoms with Gasteiger partial charge in [-0.15, -0.1) is 0 Å². The predicted octanol–water partition coefficient (Wildman–Crippen LogP) is 9.37. The van der Waals surface area contributed by atoms with Gasteiger partial charge in [-0.25, -0.2) is 8.78 Å². The average Bonchev–Trinajstić information content (AvgIpc) is 2.87. The van der Waals surface area contributed by atoms with Crippen molar-refractivity contribution in [2.24, 2.45) is 11.8 Å². The molecular weight excluding hydrogens is 426 g/mol. The molecule has 0 N–H and O–H groups in total. The standard InChI is InChI=1S/C31H36F2O/c1-3-4-5-23-7-9-24(10-8-23)20-21-34-28-17-15-26(16-18-28)25-11-13-27(14-12-25)29-19-6-22(2)30(32)31(29)33/h6,11-19,23-24H,3-5,7-10,20-21H2,1-2H3. The van der Waals surface area contributed by atoms with Crippen LogP contribution in [0.1, 0.15) is 63.9 Å². The molecule has 1 fully saturated rings. The van der Waals surface area contributed by atoms with Gasteiger partial charge in [-0.3, -0.25) is 0 Å². The van der Waals surface area contributed by atoms with Gasteiger partial charge in [-0.1, -0.05) is 100 Å². The molecule has 1 nitrogen and oxygen atoms in total. The smallest absolute Gasteiger partial charge is 0.166 e. The summed E-state index contributed by atoms with van der Waals surface area (Å²) in [4.78, 5) is 0. The molecule has 180 valence electrons. The van der Waals surface area contributed by atoms with Crippen molar-refractivity contribution in [3.05, 3.63) is 77.9 Å². The molecule has 0 saturated heterocycles. The second-order valence-electron chi connectivity index (χ2n) is 9.83. The number of hydrogen-bond acceptors (Lipinski definition) is 1. The summed E-state index contributed by atoms with van der Waals surface area (Å²) in [7, 11) is 0. The Balaban J connectivity index is 1.28. The summed E-state index contributed by atoms with van der Waals surface area (Å²) in [6.07, 6.45) is 10.7. The third-order valence-electron chi connectivity index (χ3n) is 7.39. The van der Waals surface area contributed by atoms with E-state index < -0.39 is 11.6 Å². The number of rotatable bonds is 9. The zero-order chi connectivity index (χ0) is 23.9. The summed E-state index contributed by atoms with van der Waals surface area (Å²) in [5.74, 6) is 1.09. The summed E-state index contributed by atoms with van der Waals surface area (Å²) in [5.41, 5.74) is 3.37. The highest BCUT2D eigenvalue weighted by Crippen LogP contribution is 2.34. The molecule has 0 aliphatic heterocycles. The van der Waals surface area contributed by atoms with Crippen LogP contribution in [0, 0.1) is 30.4 Å². The van der Waals surface area contributed by atoms with Crippen LogP contribution in [0.3, 0.4) is 0 Å². The summed E-state index contributed by atoms with van der Waals surface area (Å²) in [6.45, 7) is 4.62. The lowest BCUT2D eigenvalue weighted by Gasteiger charge is -2.28. The van der Waals surface area contributed by atoms with Gasteiger partial charge in [0.05, 0.1) is 6.61 Å². The van der Waals surface area contributed by atoms with E-state index in [4.69, 9.17) is 4.74 Å². The van der Waals surface area contributed by atoms with Crippen molar-refractivity contribution in [1.82, 2.24) is 0 Å². The van der Waals surface area contributed by atoms with E-state index in [1.807, 2.05) is 36.4 Å². The van der Waals surface area contributed by atoms with E-state index in [1.54, 1.807) is 19.1 Å². The molecule has 1 saturated carbocycles. The topological polar surface area (TPSA) is 9.23 Å². The third-order valence-corrected chi connectivity index (χ3v) is 7.39. The van der Waals surface area contributed by atoms with Crippen molar-refractivity contribution in [1.29, 1.82) is 0 Å². The van der Waals surface area contributed by atoms with Gasteiger partial charge in [0.2, 0.25) is 0 Å². The number of halogens is 2. The first-order valence-corrected chi connectivity index (χ1v) is 12.8. The predicted molar refractivity (Wildman–Crippen MR) is 137 cm³/mol. The molecule has 0 bridgehead atoms. The fraction of sp³-hybridized carbons (Fsp3) is 0.419. The molecule has 0 spiro atoms. The highest BCUT2D eigenvalue weighted by atomic mass is 19.2. The second kappa shape index (κ2) is 11.6. The van der Waals surface area contributed by atoms with Crippen LogP contribution >= 0.6 is 0 Å². The molecule has 34 heavy (non-hydrogen) atoms. The van der Waals surface area contributed by atoms with Crippen molar-refractivity contribution < 1.29 is 13.5 Å². The lowest BCUT2D eigenvalue weighted by Crippen LogP contribution is -2.16. The van der Waals surface area contributed by atoms with Gasteiger partial charge in [0.15, 0.2) is 11.6 Å². The average molecular weight is 463 g/mol. The van der Waals surface area contributed by atoms with Gasteiger partial charge in [0, 0.05) is 5.56 Å². The lowest BCUT2D eigenvalue weighted by molar-refractivity contribution is 0.210. The molecule has 0 atom stereocenters. The number of ether oxygens (including phenoxy) is 1. The normalized spacial score (nSPS) is 18.1. The van der Waals surface area contributed by atoms with E-state index in [1.165, 1.54) is 44.9 Å². The van der Waals surface area contributed by atoms with Crippen molar-refractivity contribution in [2.75, 3.05) is 6.61 Å². The van der Waals surface area contributed by atoms with E-state index in [0.717, 1.165) is 41.7 Å². The van der Waals surface area contributed by atoms with Crippen LogP contribution < -0.4 is 4.74 Å². The molecule has 0 amide bonds. The maximum Gasteiger partial charge on any atom is 0.166 e. The number of aryl methyl sites for hydroxylation is 1. The molecule has 3 aromatic carbocycles. The summed E-state index contributed by atoms with van der Waals surface area (Å²) in [6, 6.07) is 18.9. The van der Waals surface area contributed by atoms with Gasteiger partial charge in [0.1, 0.15) is 5.75 Å². The van der Waals surface area contributed by atoms with E-state index in [9.17, 15) is 8.78 Å². The molecule has 0 heterocycles. The van der Waals surface area contributed by atoms with Gasteiger partial charge in [-0.05, 0) is 59.6 Å². The zero-order valence-corrected chi connectivity index (χ0v) is 20.5. The van der Waals surface area contributed by atoms with E-state index >= 15 is 0 Å². The second-order valence-corrected chi connectivity index (χ2v) is 9.83. The first kappa shape index (κ1) is 24.4. The summed E-state index contributed by atoms with van der Waals surface area (Å²) < 4.78 is 34.3. The van der Waals surface area contributed by atoms with Gasteiger partial charge in [0.25, 0.3) is 0 Å². The first-order valence-electron chi connectivity index (χ1n) is 12.8. The van der Waals surface area contributed by atoms with Crippen molar-refractivity contribution in [2.45, 2.75) is 65.2 Å². The fourth-order valence-electron chi connectivity index (χ4n) is 5.10. The SMILES string of the molecule is CCCCC1CCC(CCOc2ccc(-c3ccc(-c4ccc(C)c(F)c4F)cc3)cc2)CC1. The van der Waals surface area contributed by atoms with Gasteiger partial charge >= 0.3 is 0 Å². The molecule has 1 aliphatic rings. The summed E-state index contributed by atoms with van der Waals surface area (Å²) >= 11 is 0. The molecular formula is C31H36F2O. The van der Waals surface area contributed by atoms with E-state index in [-0.39, 0.29) is 5.56 Å². The minimum absolute atomic E-state index is 0.285. The number of benzene rings is 3. The highest BCUT2D eigenvalue weighted by Gasteiger charge is 2.20. The Bertz CT molecular complexity index is 1050. The quantitative estimate of drug-likeness (QED) is 0.308. The van der Waals surface area contributed by atoms with Gasteiger partial charge < -0.3 is 4.74 Å². The van der Waals surface area contributed by atoms with E-state index in [2.05, 4.69) is 19.1 Å². The monoisotopic (exact) mass is 462 g/mol. The molecule has 1 aliphatic carbocycles. The van der Waals surface area contributed by atoms with Crippen LogP contribution in [0.4, 0.5) is 8.78 Å². The van der Waals surface area contributed by atoms with Crippen LogP contribution in [0.15, 0.2) is 60.7 Å². The molecule has 3 aromatic rings. The third kappa shape index (κ3) is 6.05. The van der Waals surface area contributed by atoms with Crippen LogP contribution in [0.2, 0.25) is 0 Å². The molecule has 0 aromatic heterocycles. The van der Waals surface area contributed by atoms with E-state index in [0.29, 0.717) is 11.1 Å². The molecule has 0 radical (unpaired) electrons. The summed E-state index contributed by atoms with van der Waals surface area (Å²) in [5, 5.41) is 0. The van der Waals surface area contributed by atoms with Crippen LogP contribution in [-0.4, -0.2) is 6.61 Å². The maximum absolute atomic E-state index is 14.3. The Hall–Kier alpha value is -2.68. The Morgan fingerprint density at radius 2 is 1.26 bits per heavy atom. The zero-order valence-electron chi connectivity index (χ0n) is 20.5. The number of hydrogen-bond donors (Lipinski definition) is 0. The van der Waals surface area contributed by atoms with Crippen molar-refractivity contribution in [3.63, 3.8) is 0 Å². The maximum atomic E-state index is 14.3. The Kier molecular flexibility index (Phi) is 8.37. The van der Waals surface area contributed by atoms with Crippen molar-refractivity contribution in [3.8, 4) is 28.0 Å². The van der Waals surface area contributed by atoms with Gasteiger partial charge in [-0.2, -0.15) is 0 Å². The van der Waals surface area contributed by atoms with Crippen LogP contribution in [-0.2, 0) is 0 Å². The fourth-order valence-corrected chi connectivity index (χ4v) is 5.10. The lowest BCUT2D eigenvalue weighted by atomic mass is 9.79. The first-order chi connectivity index (χ1) is 16.5. The largest absolute Gasteiger partial charge is 0.494 e. The molecule has 4 rings (SSSR count). The Morgan fingerprint density at radius 3 is 1.88 bits per heavy atom. The Morgan fingerprint density at radius 1 is 0.706 bits per heavy atom. The Labute approximate surface area is 203 Å². The number of unbranched alkanes of at least 4 members (excludes halogenated alkanes) is 1. The minimum atomic E-state index is -0.793. The molecule has 3 heteroatoms. The van der Waals surface area contributed by atoms with Crippen LogP contribution in [0.25, 0.3) is 22.3 Å². The van der Waals surface area contributed by atoms with Crippen molar-refractivity contribution >= 4 is 0 Å². The minimum Gasteiger partial charge on any atom is -0.494 e.